The normalized spacial score (nSPS) is 43.6. The summed E-state index contributed by atoms with van der Waals surface area (Å²) in [5.41, 5.74) is 1.41. The third kappa shape index (κ3) is 1.70. The second-order valence-corrected chi connectivity index (χ2v) is 6.30. The van der Waals surface area contributed by atoms with Crippen LogP contribution in [0.15, 0.2) is 24.5 Å². The Morgan fingerprint density at radius 1 is 1.06 bits per heavy atom. The topological polar surface area (TPSA) is 24.9 Å². The van der Waals surface area contributed by atoms with Crippen LogP contribution >= 0.6 is 0 Å². The average molecular weight is 228 g/mol. The van der Waals surface area contributed by atoms with Crippen LogP contribution in [0.5, 0.6) is 0 Å². The van der Waals surface area contributed by atoms with Crippen molar-refractivity contribution in [3.05, 3.63) is 30.1 Å². The number of aromatic nitrogens is 1. The first-order chi connectivity index (χ1) is 8.38. The number of hydrogen-bond donors (Lipinski definition) is 1. The molecule has 4 bridgehead atoms. The van der Waals surface area contributed by atoms with Gasteiger partial charge in [0.15, 0.2) is 0 Å². The fourth-order valence-electron chi connectivity index (χ4n) is 4.63. The first kappa shape index (κ1) is 10.1. The predicted octanol–water partition coefficient (Wildman–Crippen LogP) is 2.92. The smallest absolute Gasteiger partial charge is 0.0366 e. The zero-order valence-corrected chi connectivity index (χ0v) is 10.2. The van der Waals surface area contributed by atoms with Crippen LogP contribution in [0.3, 0.4) is 0 Å². The fourth-order valence-corrected chi connectivity index (χ4v) is 4.63. The van der Waals surface area contributed by atoms with Crippen LogP contribution in [0.1, 0.15) is 43.7 Å². The molecule has 1 aromatic heterocycles. The van der Waals surface area contributed by atoms with Crippen molar-refractivity contribution < 1.29 is 0 Å². The van der Waals surface area contributed by atoms with Crippen molar-refractivity contribution in [1.29, 1.82) is 0 Å². The Bertz CT molecular complexity index is 389. The van der Waals surface area contributed by atoms with Crippen LogP contribution in [-0.2, 0) is 0 Å². The number of nitrogens with zero attached hydrogens (tertiary/aromatic N) is 1. The minimum atomic E-state index is 0.573. The van der Waals surface area contributed by atoms with E-state index >= 15 is 0 Å². The highest BCUT2D eigenvalue weighted by atomic mass is 15.0. The van der Waals surface area contributed by atoms with Crippen molar-refractivity contribution in [2.24, 2.45) is 17.8 Å². The van der Waals surface area contributed by atoms with Gasteiger partial charge >= 0.3 is 0 Å². The quantitative estimate of drug-likeness (QED) is 0.799. The van der Waals surface area contributed by atoms with Crippen molar-refractivity contribution >= 4 is 0 Å². The minimum Gasteiger partial charge on any atom is -0.307 e. The molecule has 3 heterocycles. The summed E-state index contributed by atoms with van der Waals surface area (Å²) < 4.78 is 0. The fraction of sp³-hybridized carbons (Fsp3) is 0.667. The Balaban J connectivity index is 1.69. The van der Waals surface area contributed by atoms with Crippen LogP contribution in [0.25, 0.3) is 0 Å². The summed E-state index contributed by atoms with van der Waals surface area (Å²) in [6.07, 6.45) is 11.2. The van der Waals surface area contributed by atoms with Gasteiger partial charge in [0.25, 0.3) is 0 Å². The summed E-state index contributed by atoms with van der Waals surface area (Å²) in [5, 5.41) is 3.92. The van der Waals surface area contributed by atoms with E-state index in [9.17, 15) is 0 Å². The summed E-state index contributed by atoms with van der Waals surface area (Å²) in [5.74, 6) is 2.87. The lowest BCUT2D eigenvalue weighted by Crippen LogP contribution is -2.34. The molecule has 3 atom stereocenters. The largest absolute Gasteiger partial charge is 0.307 e. The van der Waals surface area contributed by atoms with Crippen LogP contribution < -0.4 is 5.32 Å². The third-order valence-electron chi connectivity index (χ3n) is 5.10. The SMILES string of the molecule is c1cncc(C2NC3CC4CC(C3)CC2C4)c1. The van der Waals surface area contributed by atoms with Crippen molar-refractivity contribution in [3.63, 3.8) is 0 Å². The molecule has 4 aliphatic rings. The first-order valence-electron chi connectivity index (χ1n) is 7.04. The van der Waals surface area contributed by atoms with E-state index < -0.39 is 0 Å². The van der Waals surface area contributed by atoms with Gasteiger partial charge in [-0.3, -0.25) is 4.98 Å². The summed E-state index contributed by atoms with van der Waals surface area (Å²) >= 11 is 0. The number of pyridine rings is 1. The van der Waals surface area contributed by atoms with E-state index in [-0.39, 0.29) is 0 Å². The molecular weight excluding hydrogens is 208 g/mol. The van der Waals surface area contributed by atoms with Crippen LogP contribution in [0.4, 0.5) is 0 Å². The molecule has 2 saturated carbocycles. The molecule has 0 amide bonds. The van der Waals surface area contributed by atoms with Gasteiger partial charge in [-0.1, -0.05) is 6.07 Å². The molecule has 2 heteroatoms. The van der Waals surface area contributed by atoms with E-state index in [1.807, 2.05) is 6.20 Å². The standard InChI is InChI=1S/C15H20N2/c1-2-12(9-16-3-1)15-13-5-10-4-11(6-13)8-14(7-10)17-15/h1-3,9-11,13-15,17H,4-8H2. The van der Waals surface area contributed by atoms with E-state index in [0.29, 0.717) is 6.04 Å². The van der Waals surface area contributed by atoms with Gasteiger partial charge in [-0.25, -0.2) is 0 Å². The Labute approximate surface area is 103 Å². The van der Waals surface area contributed by atoms with Gasteiger partial charge in [0.1, 0.15) is 0 Å². The molecule has 2 aliphatic heterocycles. The van der Waals surface area contributed by atoms with E-state index in [0.717, 1.165) is 23.8 Å². The predicted molar refractivity (Wildman–Crippen MR) is 67.5 cm³/mol. The molecule has 2 nitrogen and oxygen atoms in total. The first-order valence-corrected chi connectivity index (χ1v) is 7.04. The lowest BCUT2D eigenvalue weighted by molar-refractivity contribution is 0.149. The Morgan fingerprint density at radius 3 is 2.59 bits per heavy atom. The molecule has 2 aliphatic carbocycles. The maximum atomic E-state index is 4.29. The van der Waals surface area contributed by atoms with Gasteiger partial charge in [-0.2, -0.15) is 0 Å². The van der Waals surface area contributed by atoms with E-state index in [4.69, 9.17) is 0 Å². The molecule has 4 fully saturated rings. The van der Waals surface area contributed by atoms with Crippen LogP contribution in [-0.4, -0.2) is 11.0 Å². The van der Waals surface area contributed by atoms with E-state index in [1.165, 1.54) is 37.7 Å². The van der Waals surface area contributed by atoms with Gasteiger partial charge in [0, 0.05) is 24.5 Å². The number of hydrogen-bond acceptors (Lipinski definition) is 2. The molecule has 17 heavy (non-hydrogen) atoms. The minimum absolute atomic E-state index is 0.573. The van der Waals surface area contributed by atoms with Crippen molar-refractivity contribution in [1.82, 2.24) is 10.3 Å². The van der Waals surface area contributed by atoms with Crippen molar-refractivity contribution in [2.45, 2.75) is 44.2 Å². The molecule has 1 N–H and O–H groups in total. The molecule has 0 radical (unpaired) electrons. The summed E-state index contributed by atoms with van der Waals surface area (Å²) in [6, 6.07) is 5.67. The summed E-state index contributed by atoms with van der Waals surface area (Å²) in [7, 11) is 0. The molecule has 5 rings (SSSR count). The zero-order valence-electron chi connectivity index (χ0n) is 10.2. The maximum absolute atomic E-state index is 4.29. The summed E-state index contributed by atoms with van der Waals surface area (Å²) in [4.78, 5) is 4.29. The second-order valence-electron chi connectivity index (χ2n) is 6.30. The van der Waals surface area contributed by atoms with E-state index in [1.54, 1.807) is 0 Å². The van der Waals surface area contributed by atoms with Crippen molar-refractivity contribution in [3.8, 4) is 0 Å². The second kappa shape index (κ2) is 3.81. The molecule has 0 spiro atoms. The molecular formula is C15H20N2. The molecule has 2 saturated heterocycles. The van der Waals surface area contributed by atoms with Gasteiger partial charge in [-0.05, 0) is 61.5 Å². The van der Waals surface area contributed by atoms with Gasteiger partial charge < -0.3 is 5.32 Å². The van der Waals surface area contributed by atoms with Gasteiger partial charge in [0.2, 0.25) is 0 Å². The van der Waals surface area contributed by atoms with Crippen molar-refractivity contribution in [2.75, 3.05) is 0 Å². The molecule has 0 aromatic carbocycles. The van der Waals surface area contributed by atoms with Crippen LogP contribution in [0.2, 0.25) is 0 Å². The number of rotatable bonds is 1. The lowest BCUT2D eigenvalue weighted by Gasteiger charge is -2.38. The highest BCUT2D eigenvalue weighted by Gasteiger charge is 2.43. The Morgan fingerprint density at radius 2 is 1.88 bits per heavy atom. The van der Waals surface area contributed by atoms with Gasteiger partial charge in [-0.15, -0.1) is 0 Å². The summed E-state index contributed by atoms with van der Waals surface area (Å²) in [6.45, 7) is 0. The van der Waals surface area contributed by atoms with Gasteiger partial charge in [0.05, 0.1) is 0 Å². The zero-order chi connectivity index (χ0) is 11.2. The van der Waals surface area contributed by atoms with Crippen LogP contribution in [0, 0.1) is 17.8 Å². The Kier molecular flexibility index (Phi) is 2.26. The highest BCUT2D eigenvalue weighted by Crippen LogP contribution is 2.49. The highest BCUT2D eigenvalue weighted by molar-refractivity contribution is 5.17. The number of fused-ring (bicyclic) bond motifs is 1. The maximum Gasteiger partial charge on any atom is 0.0366 e. The Hall–Kier alpha value is -0.890. The number of nitrogens with one attached hydrogen (secondary N) is 1. The third-order valence-corrected chi connectivity index (χ3v) is 5.10. The lowest BCUT2D eigenvalue weighted by atomic mass is 9.67. The molecule has 90 valence electrons. The molecule has 3 unspecified atom stereocenters. The van der Waals surface area contributed by atoms with E-state index in [2.05, 4.69) is 28.6 Å². The monoisotopic (exact) mass is 228 g/mol. The molecule has 1 aromatic rings. The average Bonchev–Trinajstić information content (AvgIpc) is 2.55.